The van der Waals surface area contributed by atoms with Crippen molar-refractivity contribution in [2.45, 2.75) is 6.54 Å². The Kier molecular flexibility index (Phi) is 5.42. The fraction of sp³-hybridized carbons (Fsp3) is 0.0588. The maximum Gasteiger partial charge on any atom is 0.270 e. The number of amides is 1. The van der Waals surface area contributed by atoms with Gasteiger partial charge in [0.2, 0.25) is 0 Å². The van der Waals surface area contributed by atoms with E-state index in [1.165, 1.54) is 6.33 Å². The standard InChI is InChI=1S/C17H13Cl2N5O/c18-13-2-1-12(7-14(13)19)24-16-8-15(22-10-23-16)17(25)21-9-11-3-5-20-6-4-11/h1-8,10H,9H2,(H,21,25)(H,22,23,24). The minimum atomic E-state index is -0.295. The van der Waals surface area contributed by atoms with Crippen molar-refractivity contribution in [1.29, 1.82) is 0 Å². The predicted octanol–water partition coefficient (Wildman–Crippen LogP) is 3.85. The fourth-order valence-electron chi connectivity index (χ4n) is 2.05. The van der Waals surface area contributed by atoms with Crippen molar-refractivity contribution >= 4 is 40.6 Å². The van der Waals surface area contributed by atoms with Gasteiger partial charge in [-0.3, -0.25) is 9.78 Å². The summed E-state index contributed by atoms with van der Waals surface area (Å²) in [5.74, 6) is 0.179. The lowest BCUT2D eigenvalue weighted by atomic mass is 10.2. The van der Waals surface area contributed by atoms with Crippen LogP contribution in [0.1, 0.15) is 16.1 Å². The number of pyridine rings is 1. The third-order valence-corrected chi connectivity index (χ3v) is 4.03. The van der Waals surface area contributed by atoms with Gasteiger partial charge in [0.1, 0.15) is 17.8 Å². The van der Waals surface area contributed by atoms with Gasteiger partial charge in [-0.05, 0) is 35.9 Å². The van der Waals surface area contributed by atoms with E-state index in [0.717, 1.165) is 5.56 Å². The highest BCUT2D eigenvalue weighted by molar-refractivity contribution is 6.42. The maximum absolute atomic E-state index is 12.2. The lowest BCUT2D eigenvalue weighted by Gasteiger charge is -2.08. The van der Waals surface area contributed by atoms with Crippen molar-refractivity contribution in [3.05, 3.63) is 76.4 Å². The molecule has 8 heteroatoms. The lowest BCUT2D eigenvalue weighted by molar-refractivity contribution is 0.0946. The molecule has 1 aromatic carbocycles. The third-order valence-electron chi connectivity index (χ3n) is 3.29. The first-order valence-corrected chi connectivity index (χ1v) is 8.08. The van der Waals surface area contributed by atoms with E-state index >= 15 is 0 Å². The number of nitrogens with zero attached hydrogens (tertiary/aromatic N) is 3. The molecule has 0 spiro atoms. The molecule has 126 valence electrons. The number of halogens is 2. The summed E-state index contributed by atoms with van der Waals surface area (Å²) in [7, 11) is 0. The lowest BCUT2D eigenvalue weighted by Crippen LogP contribution is -2.24. The van der Waals surface area contributed by atoms with Crippen molar-refractivity contribution in [2.24, 2.45) is 0 Å². The summed E-state index contributed by atoms with van der Waals surface area (Å²) in [6, 6.07) is 10.3. The van der Waals surface area contributed by atoms with Crippen LogP contribution in [0.3, 0.4) is 0 Å². The number of hydrogen-bond acceptors (Lipinski definition) is 5. The van der Waals surface area contributed by atoms with Crippen LogP contribution in [0.5, 0.6) is 0 Å². The molecule has 0 atom stereocenters. The Morgan fingerprint density at radius 1 is 1.00 bits per heavy atom. The number of carbonyl (C=O) groups is 1. The molecular formula is C17H13Cl2N5O. The van der Waals surface area contributed by atoms with Crippen LogP contribution < -0.4 is 10.6 Å². The molecule has 25 heavy (non-hydrogen) atoms. The summed E-state index contributed by atoms with van der Waals surface area (Å²) < 4.78 is 0. The molecule has 3 aromatic rings. The van der Waals surface area contributed by atoms with Gasteiger partial charge in [0.15, 0.2) is 0 Å². The molecule has 0 unspecified atom stereocenters. The Labute approximate surface area is 154 Å². The molecule has 6 nitrogen and oxygen atoms in total. The van der Waals surface area contributed by atoms with Gasteiger partial charge < -0.3 is 10.6 Å². The number of carbonyl (C=O) groups excluding carboxylic acids is 1. The van der Waals surface area contributed by atoms with E-state index in [-0.39, 0.29) is 11.6 Å². The van der Waals surface area contributed by atoms with Crippen molar-refractivity contribution < 1.29 is 4.79 Å². The van der Waals surface area contributed by atoms with Crippen LogP contribution >= 0.6 is 23.2 Å². The minimum absolute atomic E-state index is 0.256. The molecule has 0 saturated carbocycles. The highest BCUT2D eigenvalue weighted by atomic mass is 35.5. The SMILES string of the molecule is O=C(NCc1ccncc1)c1cc(Nc2ccc(Cl)c(Cl)c2)ncn1. The highest BCUT2D eigenvalue weighted by Crippen LogP contribution is 2.26. The molecule has 3 rings (SSSR count). The largest absolute Gasteiger partial charge is 0.347 e. The van der Waals surface area contributed by atoms with Gasteiger partial charge in [0.05, 0.1) is 10.0 Å². The van der Waals surface area contributed by atoms with Crippen LogP contribution in [-0.2, 0) is 6.54 Å². The second-order valence-electron chi connectivity index (χ2n) is 5.08. The van der Waals surface area contributed by atoms with Gasteiger partial charge in [0.25, 0.3) is 5.91 Å². The van der Waals surface area contributed by atoms with Gasteiger partial charge in [0, 0.05) is 30.7 Å². The number of hydrogen-bond donors (Lipinski definition) is 2. The number of rotatable bonds is 5. The first-order chi connectivity index (χ1) is 12.1. The van der Waals surface area contributed by atoms with E-state index in [1.54, 1.807) is 36.7 Å². The van der Waals surface area contributed by atoms with Gasteiger partial charge >= 0.3 is 0 Å². The topological polar surface area (TPSA) is 79.8 Å². The Balaban J connectivity index is 1.68. The quantitative estimate of drug-likeness (QED) is 0.709. The summed E-state index contributed by atoms with van der Waals surface area (Å²) in [6.45, 7) is 0.390. The third kappa shape index (κ3) is 4.65. The first kappa shape index (κ1) is 17.1. The molecule has 2 N–H and O–H groups in total. The fourth-order valence-corrected chi connectivity index (χ4v) is 2.34. The normalized spacial score (nSPS) is 10.3. The molecule has 0 fully saturated rings. The predicted molar refractivity (Wildman–Crippen MR) is 97.2 cm³/mol. The molecule has 2 heterocycles. The number of nitrogens with one attached hydrogen (secondary N) is 2. The molecule has 2 aromatic heterocycles. The van der Waals surface area contributed by atoms with E-state index in [9.17, 15) is 4.79 Å². The number of benzene rings is 1. The zero-order valence-electron chi connectivity index (χ0n) is 12.9. The van der Waals surface area contributed by atoms with Crippen LogP contribution in [-0.4, -0.2) is 20.9 Å². The highest BCUT2D eigenvalue weighted by Gasteiger charge is 2.09. The number of aromatic nitrogens is 3. The smallest absolute Gasteiger partial charge is 0.270 e. The van der Waals surface area contributed by atoms with E-state index in [2.05, 4.69) is 25.6 Å². The van der Waals surface area contributed by atoms with E-state index < -0.39 is 0 Å². The molecule has 0 radical (unpaired) electrons. The molecule has 0 saturated heterocycles. The van der Waals surface area contributed by atoms with Crippen molar-refractivity contribution in [3.8, 4) is 0 Å². The zero-order valence-corrected chi connectivity index (χ0v) is 14.4. The Hall–Kier alpha value is -2.70. The van der Waals surface area contributed by atoms with Crippen LogP contribution in [0.4, 0.5) is 11.5 Å². The monoisotopic (exact) mass is 373 g/mol. The average molecular weight is 374 g/mol. The molecular weight excluding hydrogens is 361 g/mol. The second kappa shape index (κ2) is 7.92. The van der Waals surface area contributed by atoms with Gasteiger partial charge in [-0.2, -0.15) is 0 Å². The van der Waals surface area contributed by atoms with Gasteiger partial charge in [-0.25, -0.2) is 9.97 Å². The van der Waals surface area contributed by atoms with Gasteiger partial charge in [-0.15, -0.1) is 0 Å². The van der Waals surface area contributed by atoms with E-state index in [1.807, 2.05) is 12.1 Å². The summed E-state index contributed by atoms with van der Waals surface area (Å²) >= 11 is 11.9. The Morgan fingerprint density at radius 3 is 2.56 bits per heavy atom. The summed E-state index contributed by atoms with van der Waals surface area (Å²) in [5.41, 5.74) is 1.91. The minimum Gasteiger partial charge on any atom is -0.347 e. The molecule has 0 aliphatic rings. The maximum atomic E-state index is 12.2. The van der Waals surface area contributed by atoms with Gasteiger partial charge in [-0.1, -0.05) is 23.2 Å². The van der Waals surface area contributed by atoms with E-state index in [0.29, 0.717) is 28.1 Å². The van der Waals surface area contributed by atoms with Crippen LogP contribution in [0.15, 0.2) is 55.1 Å². The zero-order chi connectivity index (χ0) is 17.6. The van der Waals surface area contributed by atoms with Crippen molar-refractivity contribution in [2.75, 3.05) is 5.32 Å². The Morgan fingerprint density at radius 2 is 1.80 bits per heavy atom. The molecule has 0 bridgehead atoms. The second-order valence-corrected chi connectivity index (χ2v) is 5.89. The summed E-state index contributed by atoms with van der Waals surface area (Å²) in [4.78, 5) is 24.3. The average Bonchev–Trinajstić information content (AvgIpc) is 2.64. The first-order valence-electron chi connectivity index (χ1n) is 7.33. The van der Waals surface area contributed by atoms with Crippen LogP contribution in [0, 0.1) is 0 Å². The molecule has 0 aliphatic carbocycles. The summed E-state index contributed by atoms with van der Waals surface area (Å²) in [5, 5.41) is 6.75. The Bertz CT molecular complexity index is 889. The van der Waals surface area contributed by atoms with Crippen LogP contribution in [0.2, 0.25) is 10.0 Å². The van der Waals surface area contributed by atoms with Crippen molar-refractivity contribution in [1.82, 2.24) is 20.3 Å². The van der Waals surface area contributed by atoms with E-state index in [4.69, 9.17) is 23.2 Å². The molecule has 1 amide bonds. The molecule has 0 aliphatic heterocycles. The summed E-state index contributed by atoms with van der Waals surface area (Å²) in [6.07, 6.45) is 4.66. The number of anilines is 2. The van der Waals surface area contributed by atoms with Crippen molar-refractivity contribution in [3.63, 3.8) is 0 Å². The van der Waals surface area contributed by atoms with Crippen LogP contribution in [0.25, 0.3) is 0 Å².